The van der Waals surface area contributed by atoms with E-state index in [2.05, 4.69) is 15.0 Å². The van der Waals surface area contributed by atoms with Crippen LogP contribution in [0.2, 0.25) is 0 Å². The van der Waals surface area contributed by atoms with Crippen molar-refractivity contribution in [2.75, 3.05) is 18.9 Å². The second kappa shape index (κ2) is 7.78. The minimum atomic E-state index is -4.74. The number of likely N-dealkylation sites (N-methyl/N-ethyl adjacent to an activating group) is 1. The molecule has 2 rings (SSSR count). The number of hydrogen-bond acceptors (Lipinski definition) is 4. The van der Waals surface area contributed by atoms with E-state index in [0.29, 0.717) is 12.2 Å². The number of anilines is 1. The van der Waals surface area contributed by atoms with Gasteiger partial charge in [0, 0.05) is 18.4 Å². The first-order valence-electron chi connectivity index (χ1n) is 7.06. The van der Waals surface area contributed by atoms with Crippen LogP contribution < -0.4 is 10.1 Å². The minimum Gasteiger partial charge on any atom is -0.406 e. The second-order valence-electron chi connectivity index (χ2n) is 5.11. The molecule has 0 saturated heterocycles. The van der Waals surface area contributed by atoms with Crippen LogP contribution >= 0.6 is 0 Å². The molecule has 0 radical (unpaired) electrons. The van der Waals surface area contributed by atoms with Gasteiger partial charge in [-0.15, -0.1) is 13.2 Å². The largest absolute Gasteiger partial charge is 0.573 e. The molecule has 0 fully saturated rings. The van der Waals surface area contributed by atoms with E-state index in [1.165, 1.54) is 12.1 Å². The second-order valence-corrected chi connectivity index (χ2v) is 5.11. The lowest BCUT2D eigenvalue weighted by atomic mass is 10.3. The lowest BCUT2D eigenvalue weighted by molar-refractivity contribution is -0.274. The third-order valence-corrected chi connectivity index (χ3v) is 2.94. The minimum absolute atomic E-state index is 0.122. The zero-order chi connectivity index (χ0) is 17.6. The maximum absolute atomic E-state index is 12.1. The molecule has 0 atom stereocenters. The normalized spacial score (nSPS) is 11.4. The first kappa shape index (κ1) is 17.7. The Morgan fingerprint density at radius 2 is 1.92 bits per heavy atom. The van der Waals surface area contributed by atoms with Crippen molar-refractivity contribution in [1.82, 2.24) is 9.88 Å². The zero-order valence-electron chi connectivity index (χ0n) is 12.9. The van der Waals surface area contributed by atoms with Gasteiger partial charge in [-0.2, -0.15) is 0 Å². The van der Waals surface area contributed by atoms with Gasteiger partial charge in [0.25, 0.3) is 0 Å². The fourth-order valence-electron chi connectivity index (χ4n) is 2.01. The van der Waals surface area contributed by atoms with Gasteiger partial charge in [-0.05, 0) is 43.4 Å². The number of pyridine rings is 1. The van der Waals surface area contributed by atoms with Crippen molar-refractivity contribution in [3.05, 3.63) is 54.4 Å². The van der Waals surface area contributed by atoms with Gasteiger partial charge in [-0.25, -0.2) is 0 Å². The Kier molecular flexibility index (Phi) is 5.75. The molecule has 0 bridgehead atoms. The lowest BCUT2D eigenvalue weighted by Crippen LogP contribution is -2.30. The summed E-state index contributed by atoms with van der Waals surface area (Å²) in [5, 5.41) is 2.61. The van der Waals surface area contributed by atoms with E-state index >= 15 is 0 Å². The Balaban J connectivity index is 1.83. The summed E-state index contributed by atoms with van der Waals surface area (Å²) in [7, 11) is 1.77. The lowest BCUT2D eigenvalue weighted by Gasteiger charge is -2.16. The number of nitrogens with zero attached hydrogens (tertiary/aromatic N) is 2. The van der Waals surface area contributed by atoms with Crippen LogP contribution in [0.1, 0.15) is 5.69 Å². The van der Waals surface area contributed by atoms with Crippen LogP contribution in [0.4, 0.5) is 18.9 Å². The molecule has 0 aliphatic heterocycles. The molecular weight excluding hydrogens is 323 g/mol. The van der Waals surface area contributed by atoms with Gasteiger partial charge < -0.3 is 10.1 Å². The number of nitrogens with one attached hydrogen (secondary N) is 1. The van der Waals surface area contributed by atoms with E-state index in [1.54, 1.807) is 18.1 Å². The van der Waals surface area contributed by atoms with Gasteiger partial charge in [0.2, 0.25) is 5.91 Å². The Bertz CT molecular complexity index is 661. The van der Waals surface area contributed by atoms with E-state index < -0.39 is 6.36 Å². The Morgan fingerprint density at radius 3 is 2.50 bits per heavy atom. The summed E-state index contributed by atoms with van der Waals surface area (Å²) in [5.41, 5.74) is 1.22. The Morgan fingerprint density at radius 1 is 1.21 bits per heavy atom. The summed E-state index contributed by atoms with van der Waals surface area (Å²) in [6, 6.07) is 10.5. The first-order chi connectivity index (χ1) is 11.3. The molecule has 1 aromatic heterocycles. The van der Waals surface area contributed by atoms with Crippen LogP contribution in [0.3, 0.4) is 0 Å². The first-order valence-corrected chi connectivity index (χ1v) is 7.06. The van der Waals surface area contributed by atoms with Gasteiger partial charge >= 0.3 is 6.36 Å². The topological polar surface area (TPSA) is 54.5 Å². The number of carbonyl (C=O) groups excluding carboxylic acids is 1. The Hall–Kier alpha value is -2.61. The summed E-state index contributed by atoms with van der Waals surface area (Å²) < 4.78 is 40.0. The van der Waals surface area contributed by atoms with Crippen molar-refractivity contribution in [2.24, 2.45) is 0 Å². The predicted octanol–water partition coefficient (Wildman–Crippen LogP) is 3.05. The SMILES string of the molecule is CN(CC(=O)Nc1ccc(OC(F)(F)F)cc1)Cc1ccccn1. The number of amides is 1. The number of alkyl halides is 3. The standard InChI is InChI=1S/C16H16F3N3O2/c1-22(10-13-4-2-3-9-20-13)11-15(23)21-12-5-7-14(8-6-12)24-16(17,18)19/h2-9H,10-11H2,1H3,(H,21,23). The molecule has 0 saturated carbocycles. The van der Waals surface area contributed by atoms with E-state index in [9.17, 15) is 18.0 Å². The van der Waals surface area contributed by atoms with E-state index in [-0.39, 0.29) is 18.2 Å². The smallest absolute Gasteiger partial charge is 0.406 e. The monoisotopic (exact) mass is 339 g/mol. The fraction of sp³-hybridized carbons (Fsp3) is 0.250. The molecule has 0 spiro atoms. The van der Waals surface area contributed by atoms with Crippen molar-refractivity contribution in [2.45, 2.75) is 12.9 Å². The molecule has 5 nitrogen and oxygen atoms in total. The van der Waals surface area contributed by atoms with Crippen molar-refractivity contribution >= 4 is 11.6 Å². The van der Waals surface area contributed by atoms with Gasteiger partial charge in [-0.3, -0.25) is 14.7 Å². The summed E-state index contributed by atoms with van der Waals surface area (Å²) >= 11 is 0. The molecule has 1 heterocycles. The number of halogens is 3. The molecule has 1 amide bonds. The molecule has 128 valence electrons. The quantitative estimate of drug-likeness (QED) is 0.879. The third-order valence-electron chi connectivity index (χ3n) is 2.94. The van der Waals surface area contributed by atoms with Crippen molar-refractivity contribution in [3.63, 3.8) is 0 Å². The third kappa shape index (κ3) is 6.25. The van der Waals surface area contributed by atoms with E-state index in [1.807, 2.05) is 18.2 Å². The average molecular weight is 339 g/mol. The van der Waals surface area contributed by atoms with E-state index in [0.717, 1.165) is 17.8 Å². The highest BCUT2D eigenvalue weighted by Gasteiger charge is 2.30. The molecule has 24 heavy (non-hydrogen) atoms. The van der Waals surface area contributed by atoms with Crippen molar-refractivity contribution in [1.29, 1.82) is 0 Å². The maximum atomic E-state index is 12.1. The molecule has 8 heteroatoms. The van der Waals surface area contributed by atoms with Crippen LogP contribution in [-0.2, 0) is 11.3 Å². The highest BCUT2D eigenvalue weighted by molar-refractivity contribution is 5.92. The number of hydrogen-bond donors (Lipinski definition) is 1. The Labute approximate surface area is 137 Å². The maximum Gasteiger partial charge on any atom is 0.573 e. The summed E-state index contributed by atoms with van der Waals surface area (Å²) in [6.07, 6.45) is -3.06. The fourth-order valence-corrected chi connectivity index (χ4v) is 2.01. The van der Waals surface area contributed by atoms with Crippen molar-refractivity contribution < 1.29 is 22.7 Å². The van der Waals surface area contributed by atoms with Gasteiger partial charge in [0.05, 0.1) is 12.2 Å². The number of carbonyl (C=O) groups is 1. The van der Waals surface area contributed by atoms with Gasteiger partial charge in [-0.1, -0.05) is 6.07 Å². The molecule has 1 N–H and O–H groups in total. The number of rotatable bonds is 6. The molecule has 0 aliphatic carbocycles. The molecule has 0 aliphatic rings. The van der Waals surface area contributed by atoms with Crippen molar-refractivity contribution in [3.8, 4) is 5.75 Å². The number of aromatic nitrogens is 1. The summed E-state index contributed by atoms with van der Waals surface area (Å²) in [6.45, 7) is 0.629. The van der Waals surface area contributed by atoms with Crippen LogP contribution in [0, 0.1) is 0 Å². The van der Waals surface area contributed by atoms with Crippen LogP contribution in [0.15, 0.2) is 48.7 Å². The number of ether oxygens (including phenoxy) is 1. The van der Waals surface area contributed by atoms with Crippen LogP contribution in [0.5, 0.6) is 5.75 Å². The van der Waals surface area contributed by atoms with Crippen LogP contribution in [-0.4, -0.2) is 35.7 Å². The molecule has 2 aromatic rings. The zero-order valence-corrected chi connectivity index (χ0v) is 12.9. The highest BCUT2D eigenvalue weighted by atomic mass is 19.4. The molecular formula is C16H16F3N3O2. The molecule has 1 aromatic carbocycles. The van der Waals surface area contributed by atoms with Crippen LogP contribution in [0.25, 0.3) is 0 Å². The summed E-state index contributed by atoms with van der Waals surface area (Å²) in [5.74, 6) is -0.620. The average Bonchev–Trinajstić information content (AvgIpc) is 2.48. The predicted molar refractivity (Wildman–Crippen MR) is 82.3 cm³/mol. The number of benzene rings is 1. The van der Waals surface area contributed by atoms with Gasteiger partial charge in [0.15, 0.2) is 0 Å². The highest BCUT2D eigenvalue weighted by Crippen LogP contribution is 2.23. The molecule has 0 unspecified atom stereocenters. The summed E-state index contributed by atoms with van der Waals surface area (Å²) in [4.78, 5) is 17.9. The van der Waals surface area contributed by atoms with E-state index in [4.69, 9.17) is 0 Å². The van der Waals surface area contributed by atoms with Gasteiger partial charge in [0.1, 0.15) is 5.75 Å².